The number of benzene rings is 1. The number of carboxylic acid groups (broad SMARTS) is 1. The first-order chi connectivity index (χ1) is 11.1. The molecule has 0 radical (unpaired) electrons. The number of carbonyl (C=O) groups is 2. The zero-order chi connectivity index (χ0) is 16.4. The van der Waals surface area contributed by atoms with E-state index < -0.39 is 23.5 Å². The van der Waals surface area contributed by atoms with Crippen molar-refractivity contribution in [3.63, 3.8) is 0 Å². The molecule has 1 aliphatic rings. The van der Waals surface area contributed by atoms with Gasteiger partial charge in [0.05, 0.1) is 36.7 Å². The van der Waals surface area contributed by atoms with Gasteiger partial charge in [-0.1, -0.05) is 12.1 Å². The number of nitrogens with one attached hydrogen (secondary N) is 1. The van der Waals surface area contributed by atoms with E-state index in [4.69, 9.17) is 9.84 Å². The van der Waals surface area contributed by atoms with Crippen LogP contribution >= 0.6 is 0 Å². The number of amides is 1. The number of carbonyl (C=O) groups excluding carboxylic acids is 1. The van der Waals surface area contributed by atoms with Crippen LogP contribution in [0.1, 0.15) is 16.9 Å². The Kier molecular flexibility index (Phi) is 4.07. The Morgan fingerprint density at radius 2 is 2.17 bits per heavy atom. The van der Waals surface area contributed by atoms with Crippen LogP contribution in [0.4, 0.5) is 0 Å². The zero-order valence-electron chi connectivity index (χ0n) is 12.2. The molecule has 1 aromatic heterocycles. The molecule has 2 N–H and O–H groups in total. The summed E-state index contributed by atoms with van der Waals surface area (Å²) < 4.78 is 5.24. The molecule has 8 nitrogen and oxygen atoms in total. The van der Waals surface area contributed by atoms with Gasteiger partial charge in [-0.25, -0.2) is 4.98 Å². The first-order valence-corrected chi connectivity index (χ1v) is 7.16. The van der Waals surface area contributed by atoms with E-state index in [0.29, 0.717) is 17.6 Å². The fourth-order valence-corrected chi connectivity index (χ4v) is 2.60. The predicted molar refractivity (Wildman–Crippen MR) is 80.3 cm³/mol. The van der Waals surface area contributed by atoms with Gasteiger partial charge >= 0.3 is 5.97 Å². The summed E-state index contributed by atoms with van der Waals surface area (Å²) in [4.78, 5) is 43.8. The minimum Gasteiger partial charge on any atom is -0.481 e. The number of hydrogen-bond donors (Lipinski definition) is 2. The highest BCUT2D eigenvalue weighted by atomic mass is 16.5. The highest BCUT2D eigenvalue weighted by Crippen LogP contribution is 2.14. The Hall–Kier alpha value is -2.74. The largest absolute Gasteiger partial charge is 0.481 e. The first-order valence-electron chi connectivity index (χ1n) is 7.16. The number of aromatic nitrogens is 2. The van der Waals surface area contributed by atoms with Gasteiger partial charge in [0.2, 0.25) is 0 Å². The van der Waals surface area contributed by atoms with Gasteiger partial charge in [-0.2, -0.15) is 0 Å². The van der Waals surface area contributed by atoms with Crippen LogP contribution in [0.25, 0.3) is 11.0 Å². The second-order valence-electron chi connectivity index (χ2n) is 5.26. The third-order valence-corrected chi connectivity index (χ3v) is 3.70. The monoisotopic (exact) mass is 317 g/mol. The second kappa shape index (κ2) is 6.17. The van der Waals surface area contributed by atoms with E-state index in [-0.39, 0.29) is 25.3 Å². The molecular formula is C15H15N3O5. The molecule has 1 atom stereocenters. The van der Waals surface area contributed by atoms with Crippen molar-refractivity contribution in [2.45, 2.75) is 12.5 Å². The van der Waals surface area contributed by atoms with Crippen LogP contribution in [0, 0.1) is 0 Å². The lowest BCUT2D eigenvalue weighted by Crippen LogP contribution is -2.50. The highest BCUT2D eigenvalue weighted by molar-refractivity contribution is 5.94. The Morgan fingerprint density at radius 3 is 2.96 bits per heavy atom. The lowest BCUT2D eigenvalue weighted by molar-refractivity contribution is -0.139. The average Bonchev–Trinajstić information content (AvgIpc) is 2.53. The minimum atomic E-state index is -1.03. The van der Waals surface area contributed by atoms with Gasteiger partial charge in [0.1, 0.15) is 0 Å². The summed E-state index contributed by atoms with van der Waals surface area (Å²) in [6, 6.07) is 6.29. The van der Waals surface area contributed by atoms with Crippen molar-refractivity contribution in [3.8, 4) is 0 Å². The Morgan fingerprint density at radius 1 is 1.39 bits per heavy atom. The minimum absolute atomic E-state index is 0.128. The maximum Gasteiger partial charge on any atom is 0.305 e. The summed E-state index contributed by atoms with van der Waals surface area (Å²) in [6.45, 7) is 0.654. The van der Waals surface area contributed by atoms with Crippen molar-refractivity contribution >= 4 is 22.9 Å². The number of carboxylic acids is 1. The topological polar surface area (TPSA) is 113 Å². The van der Waals surface area contributed by atoms with Gasteiger partial charge in [-0.3, -0.25) is 14.4 Å². The molecule has 3 rings (SSSR count). The SMILES string of the molecule is O=C(O)C[C@H]1COCCN1C(=O)c1nc2ccccc2[nH]c1=O. The number of para-hydroxylation sites is 2. The summed E-state index contributed by atoms with van der Waals surface area (Å²) >= 11 is 0. The van der Waals surface area contributed by atoms with Crippen LogP contribution < -0.4 is 5.56 Å². The Balaban J connectivity index is 1.96. The van der Waals surface area contributed by atoms with Gasteiger partial charge in [0, 0.05) is 6.54 Å². The summed E-state index contributed by atoms with van der Waals surface area (Å²) in [5, 5.41) is 8.95. The molecule has 0 spiro atoms. The molecule has 2 aromatic rings. The summed E-state index contributed by atoms with van der Waals surface area (Å²) in [5.41, 5.74) is 0.215. The van der Waals surface area contributed by atoms with E-state index in [1.807, 2.05) is 0 Å². The number of rotatable bonds is 3. The van der Waals surface area contributed by atoms with Gasteiger partial charge in [0.25, 0.3) is 11.5 Å². The number of aromatic amines is 1. The van der Waals surface area contributed by atoms with E-state index in [1.165, 1.54) is 4.90 Å². The number of aliphatic carboxylic acids is 1. The predicted octanol–water partition coefficient (Wildman–Crippen LogP) is 0.239. The van der Waals surface area contributed by atoms with Crippen LogP contribution in [-0.4, -0.2) is 57.7 Å². The molecule has 1 amide bonds. The molecule has 2 heterocycles. The third kappa shape index (κ3) is 3.07. The van der Waals surface area contributed by atoms with Crippen LogP contribution in [-0.2, 0) is 9.53 Å². The third-order valence-electron chi connectivity index (χ3n) is 3.70. The lowest BCUT2D eigenvalue weighted by Gasteiger charge is -2.34. The fraction of sp³-hybridized carbons (Fsp3) is 0.333. The van der Waals surface area contributed by atoms with Gasteiger partial charge in [-0.15, -0.1) is 0 Å². The molecule has 1 saturated heterocycles. The van der Waals surface area contributed by atoms with Crippen molar-refractivity contribution in [2.75, 3.05) is 19.8 Å². The fourth-order valence-electron chi connectivity index (χ4n) is 2.60. The number of morpholine rings is 1. The van der Waals surface area contributed by atoms with E-state index in [1.54, 1.807) is 24.3 Å². The molecule has 120 valence electrons. The molecule has 23 heavy (non-hydrogen) atoms. The standard InChI is InChI=1S/C15H15N3O5/c19-12(20)7-9-8-23-6-5-18(9)15(22)13-14(21)17-11-4-2-1-3-10(11)16-13/h1-4,9H,5-8H2,(H,17,21)(H,19,20)/t9-/m0/s1. The zero-order valence-corrected chi connectivity index (χ0v) is 12.2. The van der Waals surface area contributed by atoms with Crippen molar-refractivity contribution in [3.05, 3.63) is 40.3 Å². The number of nitrogens with zero attached hydrogens (tertiary/aromatic N) is 2. The van der Waals surface area contributed by atoms with E-state index in [0.717, 1.165) is 0 Å². The highest BCUT2D eigenvalue weighted by Gasteiger charge is 2.31. The number of H-pyrrole nitrogens is 1. The van der Waals surface area contributed by atoms with Gasteiger partial charge < -0.3 is 19.7 Å². The maximum atomic E-state index is 12.7. The van der Waals surface area contributed by atoms with Crippen molar-refractivity contribution in [1.29, 1.82) is 0 Å². The molecule has 0 aliphatic carbocycles. The van der Waals surface area contributed by atoms with Crippen molar-refractivity contribution < 1.29 is 19.4 Å². The van der Waals surface area contributed by atoms with Crippen LogP contribution in [0.15, 0.2) is 29.1 Å². The summed E-state index contributed by atoms with van der Waals surface area (Å²) in [7, 11) is 0. The first kappa shape index (κ1) is 15.2. The molecule has 0 saturated carbocycles. The molecule has 1 fully saturated rings. The molecule has 1 aliphatic heterocycles. The average molecular weight is 317 g/mol. The van der Waals surface area contributed by atoms with Crippen molar-refractivity contribution in [1.82, 2.24) is 14.9 Å². The van der Waals surface area contributed by atoms with Gasteiger partial charge in [-0.05, 0) is 12.1 Å². The smallest absolute Gasteiger partial charge is 0.305 e. The molecule has 0 bridgehead atoms. The van der Waals surface area contributed by atoms with Crippen molar-refractivity contribution in [2.24, 2.45) is 0 Å². The molecule has 1 aromatic carbocycles. The van der Waals surface area contributed by atoms with E-state index in [2.05, 4.69) is 9.97 Å². The van der Waals surface area contributed by atoms with Crippen LogP contribution in [0.3, 0.4) is 0 Å². The summed E-state index contributed by atoms with van der Waals surface area (Å²) in [5.74, 6) is -1.61. The van der Waals surface area contributed by atoms with Crippen LogP contribution in [0.2, 0.25) is 0 Å². The Bertz CT molecular complexity index is 816. The molecular weight excluding hydrogens is 302 g/mol. The normalized spacial score (nSPS) is 18.1. The number of hydrogen-bond acceptors (Lipinski definition) is 5. The van der Waals surface area contributed by atoms with E-state index in [9.17, 15) is 14.4 Å². The Labute approximate surface area is 130 Å². The van der Waals surface area contributed by atoms with Gasteiger partial charge in [0.15, 0.2) is 5.69 Å². The maximum absolute atomic E-state index is 12.7. The second-order valence-corrected chi connectivity index (χ2v) is 5.26. The number of fused-ring (bicyclic) bond motifs is 1. The number of ether oxygens (including phenoxy) is 1. The van der Waals surface area contributed by atoms with E-state index >= 15 is 0 Å². The quantitative estimate of drug-likeness (QED) is 0.838. The molecule has 0 unspecified atom stereocenters. The van der Waals surface area contributed by atoms with Crippen LogP contribution in [0.5, 0.6) is 0 Å². The summed E-state index contributed by atoms with van der Waals surface area (Å²) in [6.07, 6.45) is -0.239. The molecule has 8 heteroatoms. The lowest BCUT2D eigenvalue weighted by atomic mass is 10.1.